The van der Waals surface area contributed by atoms with E-state index < -0.39 is 0 Å². The highest BCUT2D eigenvalue weighted by atomic mass is 32.2. The lowest BCUT2D eigenvalue weighted by Crippen LogP contribution is -2.42. The number of ether oxygens (including phenoxy) is 1. The van der Waals surface area contributed by atoms with E-state index in [4.69, 9.17) is 14.7 Å². The highest BCUT2D eigenvalue weighted by Crippen LogP contribution is 2.29. The number of hydrogen-bond donors (Lipinski definition) is 1. The van der Waals surface area contributed by atoms with Gasteiger partial charge in [0.15, 0.2) is 0 Å². The number of amides is 2. The van der Waals surface area contributed by atoms with Crippen LogP contribution in [0.15, 0.2) is 53.4 Å². The summed E-state index contributed by atoms with van der Waals surface area (Å²) in [6.07, 6.45) is 3.12. The maximum atomic E-state index is 13.7. The average Bonchev–Trinajstić information content (AvgIpc) is 2.89. The van der Waals surface area contributed by atoms with Gasteiger partial charge in [-0.25, -0.2) is 19.2 Å². The highest BCUT2D eigenvalue weighted by Gasteiger charge is 2.28. The van der Waals surface area contributed by atoms with Gasteiger partial charge in [-0.3, -0.25) is 0 Å². The number of hydrogen-bond acceptors (Lipinski definition) is 6. The van der Waals surface area contributed by atoms with Gasteiger partial charge >= 0.3 is 6.03 Å². The first-order chi connectivity index (χ1) is 17.1. The molecule has 1 N–H and O–H groups in total. The Morgan fingerprint density at radius 2 is 1.91 bits per heavy atom. The molecule has 0 saturated carbocycles. The Kier molecular flexibility index (Phi) is 7.15. The molecule has 0 radical (unpaired) electrons. The van der Waals surface area contributed by atoms with E-state index in [1.54, 1.807) is 17.8 Å². The van der Waals surface area contributed by atoms with Crippen LogP contribution in [0.4, 0.5) is 20.7 Å². The molecule has 0 spiro atoms. The molecule has 182 valence electrons. The monoisotopic (exact) mass is 493 g/mol. The van der Waals surface area contributed by atoms with Gasteiger partial charge in [0, 0.05) is 48.6 Å². The van der Waals surface area contributed by atoms with Gasteiger partial charge in [-0.05, 0) is 48.2 Å². The van der Waals surface area contributed by atoms with Crippen LogP contribution in [0.5, 0.6) is 0 Å². The fourth-order valence-electron chi connectivity index (χ4n) is 4.44. The minimum atomic E-state index is -0.265. The molecule has 0 aliphatic carbocycles. The standard InChI is InChI=1S/C26H28FN5O2S/c1-35-21-7-5-20(6-8-21)28-26(33)32-10-9-23-22(17-32)25(31-11-13-34-14-12-31)30-24(29-23)16-18-3-2-4-19(27)15-18/h2-8,15H,9-14,16-17H2,1H3,(H,28,33). The SMILES string of the molecule is CSc1ccc(NC(=O)N2CCc3nc(Cc4cccc(F)c4)nc(N4CCOCC4)c3C2)cc1. The molecular weight excluding hydrogens is 465 g/mol. The van der Waals surface area contributed by atoms with E-state index in [0.717, 1.165) is 46.3 Å². The molecule has 1 fully saturated rings. The normalized spacial score (nSPS) is 15.6. The Bertz CT molecular complexity index is 1200. The number of fused-ring (bicyclic) bond motifs is 1. The summed E-state index contributed by atoms with van der Waals surface area (Å²) in [7, 11) is 0. The van der Waals surface area contributed by atoms with E-state index in [-0.39, 0.29) is 11.8 Å². The number of anilines is 2. The lowest BCUT2D eigenvalue weighted by Gasteiger charge is -2.34. The molecule has 2 amide bonds. The lowest BCUT2D eigenvalue weighted by atomic mass is 10.0. The first-order valence-corrected chi connectivity index (χ1v) is 13.0. The van der Waals surface area contributed by atoms with Crippen LogP contribution in [0.3, 0.4) is 0 Å². The molecule has 5 rings (SSSR count). The number of urea groups is 1. The van der Waals surface area contributed by atoms with Crippen molar-refractivity contribution < 1.29 is 13.9 Å². The molecule has 0 atom stereocenters. The Labute approximate surface area is 208 Å². The molecule has 2 aliphatic heterocycles. The fourth-order valence-corrected chi connectivity index (χ4v) is 4.85. The van der Waals surface area contributed by atoms with E-state index in [9.17, 15) is 9.18 Å². The van der Waals surface area contributed by atoms with Gasteiger partial charge in [0.05, 0.1) is 25.5 Å². The molecule has 3 aromatic rings. The van der Waals surface area contributed by atoms with E-state index in [1.807, 2.05) is 41.5 Å². The van der Waals surface area contributed by atoms with Crippen LogP contribution < -0.4 is 10.2 Å². The molecule has 3 heterocycles. The van der Waals surface area contributed by atoms with E-state index >= 15 is 0 Å². The number of carbonyl (C=O) groups is 1. The second-order valence-corrected chi connectivity index (χ2v) is 9.50. The van der Waals surface area contributed by atoms with Crippen molar-refractivity contribution in [2.75, 3.05) is 49.3 Å². The molecule has 1 aromatic heterocycles. The minimum Gasteiger partial charge on any atom is -0.378 e. The van der Waals surface area contributed by atoms with Gasteiger partial charge in [0.1, 0.15) is 17.5 Å². The van der Waals surface area contributed by atoms with Crippen molar-refractivity contribution in [2.24, 2.45) is 0 Å². The van der Waals surface area contributed by atoms with Crippen LogP contribution in [0.25, 0.3) is 0 Å². The topological polar surface area (TPSA) is 70.6 Å². The zero-order chi connectivity index (χ0) is 24.2. The number of thioether (sulfide) groups is 1. The predicted octanol–water partition coefficient (Wildman–Crippen LogP) is 4.36. The lowest BCUT2D eigenvalue weighted by molar-refractivity contribution is 0.122. The molecule has 35 heavy (non-hydrogen) atoms. The third-order valence-corrected chi connectivity index (χ3v) is 7.02. The van der Waals surface area contributed by atoms with Gasteiger partial charge in [-0.15, -0.1) is 11.8 Å². The molecule has 7 nitrogen and oxygen atoms in total. The summed E-state index contributed by atoms with van der Waals surface area (Å²) < 4.78 is 19.3. The molecule has 1 saturated heterocycles. The fraction of sp³-hybridized carbons (Fsp3) is 0.346. The van der Waals surface area contributed by atoms with Crippen LogP contribution in [0, 0.1) is 5.82 Å². The second kappa shape index (κ2) is 10.6. The number of morpholine rings is 1. The average molecular weight is 494 g/mol. The summed E-state index contributed by atoms with van der Waals surface area (Å²) in [5, 5.41) is 3.01. The Hall–Kier alpha value is -3.17. The van der Waals surface area contributed by atoms with Crippen molar-refractivity contribution in [1.29, 1.82) is 0 Å². The number of carbonyl (C=O) groups excluding carboxylic acids is 1. The summed E-state index contributed by atoms with van der Waals surface area (Å²) in [6, 6.07) is 14.2. The van der Waals surface area contributed by atoms with Gasteiger partial charge in [0.2, 0.25) is 0 Å². The molecule has 0 unspecified atom stereocenters. The summed E-state index contributed by atoms with van der Waals surface area (Å²) >= 11 is 1.66. The van der Waals surface area contributed by atoms with E-state index in [0.29, 0.717) is 45.0 Å². The number of nitrogens with one attached hydrogen (secondary N) is 1. The van der Waals surface area contributed by atoms with Crippen molar-refractivity contribution in [3.05, 3.63) is 77.0 Å². The van der Waals surface area contributed by atoms with Crippen LogP contribution in [0.2, 0.25) is 0 Å². The molecular formula is C26H28FN5O2S. The summed E-state index contributed by atoms with van der Waals surface area (Å²) in [4.78, 5) is 28.0. The van der Waals surface area contributed by atoms with Crippen molar-refractivity contribution in [3.63, 3.8) is 0 Å². The zero-order valence-electron chi connectivity index (χ0n) is 19.7. The van der Waals surface area contributed by atoms with Gasteiger partial charge < -0.3 is 19.9 Å². The highest BCUT2D eigenvalue weighted by molar-refractivity contribution is 7.98. The zero-order valence-corrected chi connectivity index (χ0v) is 20.5. The van der Waals surface area contributed by atoms with Crippen molar-refractivity contribution in [2.45, 2.75) is 24.3 Å². The van der Waals surface area contributed by atoms with Gasteiger partial charge in [-0.1, -0.05) is 12.1 Å². The third kappa shape index (κ3) is 5.57. The largest absolute Gasteiger partial charge is 0.378 e. The van der Waals surface area contributed by atoms with Gasteiger partial charge in [0.25, 0.3) is 0 Å². The first kappa shape index (κ1) is 23.6. The minimum absolute atomic E-state index is 0.135. The van der Waals surface area contributed by atoms with Crippen molar-refractivity contribution >= 4 is 29.3 Å². The van der Waals surface area contributed by atoms with Crippen LogP contribution >= 0.6 is 11.8 Å². The van der Waals surface area contributed by atoms with E-state index in [1.165, 1.54) is 12.1 Å². The molecule has 2 aliphatic rings. The summed E-state index contributed by atoms with van der Waals surface area (Å²) in [5.74, 6) is 1.26. The molecule has 2 aromatic carbocycles. The van der Waals surface area contributed by atoms with Crippen LogP contribution in [0.1, 0.15) is 22.6 Å². The molecule has 0 bridgehead atoms. The number of benzene rings is 2. The van der Waals surface area contributed by atoms with Gasteiger partial charge in [-0.2, -0.15) is 0 Å². The Balaban J connectivity index is 1.39. The molecule has 9 heteroatoms. The first-order valence-electron chi connectivity index (χ1n) is 11.7. The smallest absolute Gasteiger partial charge is 0.322 e. The number of halogens is 1. The van der Waals surface area contributed by atoms with Crippen LogP contribution in [-0.4, -0.2) is 60.0 Å². The second-order valence-electron chi connectivity index (χ2n) is 8.63. The Morgan fingerprint density at radius 3 is 2.66 bits per heavy atom. The number of nitrogens with zero attached hydrogens (tertiary/aromatic N) is 4. The number of rotatable bonds is 5. The Morgan fingerprint density at radius 1 is 1.11 bits per heavy atom. The maximum absolute atomic E-state index is 13.7. The maximum Gasteiger partial charge on any atom is 0.322 e. The van der Waals surface area contributed by atoms with Crippen molar-refractivity contribution in [3.8, 4) is 0 Å². The van der Waals surface area contributed by atoms with Crippen LogP contribution in [-0.2, 0) is 24.1 Å². The predicted molar refractivity (Wildman–Crippen MR) is 136 cm³/mol. The van der Waals surface area contributed by atoms with E-state index in [2.05, 4.69) is 10.2 Å². The quantitative estimate of drug-likeness (QED) is 0.533. The summed E-state index contributed by atoms with van der Waals surface area (Å²) in [5.41, 5.74) is 3.55. The van der Waals surface area contributed by atoms with Crippen molar-refractivity contribution in [1.82, 2.24) is 14.9 Å². The third-order valence-electron chi connectivity index (χ3n) is 6.28. The number of aromatic nitrogens is 2. The summed E-state index contributed by atoms with van der Waals surface area (Å²) in [6.45, 7) is 3.74.